The van der Waals surface area contributed by atoms with Gasteiger partial charge in [-0.15, -0.1) is 0 Å². The summed E-state index contributed by atoms with van der Waals surface area (Å²) >= 11 is 0. The quantitative estimate of drug-likeness (QED) is 0.0895. The van der Waals surface area contributed by atoms with Gasteiger partial charge in [0, 0.05) is 25.2 Å². The lowest BCUT2D eigenvalue weighted by Gasteiger charge is -2.11. The van der Waals surface area contributed by atoms with Gasteiger partial charge >= 0.3 is 5.97 Å². The van der Waals surface area contributed by atoms with Gasteiger partial charge in [0.1, 0.15) is 35.4 Å². The molecule has 0 atom stereocenters. The maximum Gasteiger partial charge on any atom is 0.341 e. The summed E-state index contributed by atoms with van der Waals surface area (Å²) in [4.78, 5) is 37.8. The fourth-order valence-corrected chi connectivity index (χ4v) is 4.53. The number of ether oxygens (including phenoxy) is 2. The van der Waals surface area contributed by atoms with Gasteiger partial charge in [0.05, 0.1) is 41.6 Å². The first-order chi connectivity index (χ1) is 19.9. The van der Waals surface area contributed by atoms with E-state index >= 15 is 0 Å². The van der Waals surface area contributed by atoms with E-state index in [9.17, 15) is 9.59 Å². The molecule has 0 saturated carbocycles. The van der Waals surface area contributed by atoms with E-state index in [2.05, 4.69) is 15.6 Å². The highest BCUT2D eigenvalue weighted by atomic mass is 16.5. The third-order valence-electron chi connectivity index (χ3n) is 6.66. The molecule has 0 aliphatic heterocycles. The maximum absolute atomic E-state index is 12.9. The van der Waals surface area contributed by atoms with Gasteiger partial charge in [-0.2, -0.15) is 0 Å². The molecule has 0 radical (unpaired) electrons. The van der Waals surface area contributed by atoms with Gasteiger partial charge in [-0.05, 0) is 55.5 Å². The number of aryl methyl sites for hydroxylation is 1. The number of aromatic amines is 1. The fourth-order valence-electron chi connectivity index (χ4n) is 4.53. The highest BCUT2D eigenvalue weighted by Gasteiger charge is 2.15. The lowest BCUT2D eigenvalue weighted by atomic mass is 10.2. The number of carbonyl (C=O) groups excluding carboxylic acids is 2. The second-order valence-electron chi connectivity index (χ2n) is 9.33. The SMILES string of the molecule is CCOC(=O)c1ccccc1OCCNC(=O)c1ccc2nc(Cc3nc4cc(C(=N)NC)ccc4[nH]3)n(C)c2c1. The molecule has 210 valence electrons. The van der Waals surface area contributed by atoms with Crippen LogP contribution >= 0.6 is 0 Å². The van der Waals surface area contributed by atoms with Gasteiger partial charge in [-0.1, -0.05) is 12.1 Å². The minimum atomic E-state index is -0.448. The number of esters is 1. The number of hydrogen-bond donors (Lipinski definition) is 4. The molecule has 11 nitrogen and oxygen atoms in total. The number of rotatable bonds is 10. The zero-order valence-electron chi connectivity index (χ0n) is 23.1. The van der Waals surface area contributed by atoms with Crippen molar-refractivity contribution in [2.45, 2.75) is 13.3 Å². The summed E-state index contributed by atoms with van der Waals surface area (Å²) in [6.07, 6.45) is 0.477. The summed E-state index contributed by atoms with van der Waals surface area (Å²) in [7, 11) is 3.63. The van der Waals surface area contributed by atoms with Crippen LogP contribution in [-0.4, -0.2) is 64.0 Å². The maximum atomic E-state index is 12.9. The Balaban J connectivity index is 1.23. The van der Waals surface area contributed by atoms with Crippen LogP contribution in [0.5, 0.6) is 5.75 Å². The number of amides is 1. The Kier molecular flexibility index (Phi) is 7.95. The van der Waals surface area contributed by atoms with Crippen molar-refractivity contribution in [3.05, 3.63) is 89.0 Å². The van der Waals surface area contributed by atoms with Crippen LogP contribution in [-0.2, 0) is 18.2 Å². The molecule has 5 aromatic rings. The van der Waals surface area contributed by atoms with Crippen LogP contribution in [0.15, 0.2) is 60.7 Å². The molecule has 0 unspecified atom stereocenters. The molecule has 0 bridgehead atoms. The number of H-pyrrole nitrogens is 1. The Morgan fingerprint density at radius 2 is 1.83 bits per heavy atom. The predicted molar refractivity (Wildman–Crippen MR) is 156 cm³/mol. The third-order valence-corrected chi connectivity index (χ3v) is 6.66. The molecule has 3 aromatic carbocycles. The van der Waals surface area contributed by atoms with Gasteiger partial charge in [-0.25, -0.2) is 14.8 Å². The fraction of sp³-hybridized carbons (Fsp3) is 0.233. The topological polar surface area (TPSA) is 147 Å². The van der Waals surface area contributed by atoms with Crippen LogP contribution < -0.4 is 15.4 Å². The molecule has 0 spiro atoms. The van der Waals surface area contributed by atoms with Crippen LogP contribution in [0, 0.1) is 5.41 Å². The molecule has 0 saturated heterocycles. The van der Waals surface area contributed by atoms with Crippen molar-refractivity contribution >= 4 is 39.8 Å². The van der Waals surface area contributed by atoms with Crippen molar-refractivity contribution in [3.63, 3.8) is 0 Å². The van der Waals surface area contributed by atoms with Gasteiger partial charge < -0.3 is 29.7 Å². The van der Waals surface area contributed by atoms with E-state index in [0.717, 1.165) is 39.3 Å². The van der Waals surface area contributed by atoms with Crippen LogP contribution in [0.1, 0.15) is 44.9 Å². The zero-order chi connectivity index (χ0) is 28.9. The Hall–Kier alpha value is -5.19. The van der Waals surface area contributed by atoms with Crippen LogP contribution in [0.3, 0.4) is 0 Å². The summed E-state index contributed by atoms with van der Waals surface area (Å²) in [5.41, 5.74) is 4.89. The molecule has 4 N–H and O–H groups in total. The van der Waals surface area contributed by atoms with E-state index in [0.29, 0.717) is 29.1 Å². The average Bonchev–Trinajstić information content (AvgIpc) is 3.54. The molecule has 0 fully saturated rings. The highest BCUT2D eigenvalue weighted by Crippen LogP contribution is 2.21. The predicted octanol–water partition coefficient (Wildman–Crippen LogP) is 3.57. The lowest BCUT2D eigenvalue weighted by molar-refractivity contribution is 0.0521. The van der Waals surface area contributed by atoms with Crippen molar-refractivity contribution in [3.8, 4) is 5.75 Å². The van der Waals surface area contributed by atoms with Gasteiger partial charge in [0.15, 0.2) is 0 Å². The van der Waals surface area contributed by atoms with E-state index in [4.69, 9.17) is 24.9 Å². The molecule has 11 heteroatoms. The number of benzene rings is 3. The number of para-hydroxylation sites is 1. The average molecular weight is 554 g/mol. The summed E-state index contributed by atoms with van der Waals surface area (Å²) in [6.45, 7) is 2.47. The Morgan fingerprint density at radius 3 is 2.63 bits per heavy atom. The van der Waals surface area contributed by atoms with Crippen LogP contribution in [0.4, 0.5) is 0 Å². The number of nitrogens with one attached hydrogen (secondary N) is 4. The molecule has 1 amide bonds. The van der Waals surface area contributed by atoms with E-state index in [1.54, 1.807) is 44.3 Å². The second kappa shape index (κ2) is 11.9. The normalized spacial score (nSPS) is 11.0. The summed E-state index contributed by atoms with van der Waals surface area (Å²) in [6, 6.07) is 17.9. The van der Waals surface area contributed by atoms with Crippen molar-refractivity contribution in [1.29, 1.82) is 5.41 Å². The van der Waals surface area contributed by atoms with Crippen molar-refractivity contribution in [2.75, 3.05) is 26.8 Å². The third kappa shape index (κ3) is 5.88. The minimum Gasteiger partial charge on any atom is -0.491 e. The summed E-state index contributed by atoms with van der Waals surface area (Å²) in [5.74, 6) is 1.61. The number of fused-ring (bicyclic) bond motifs is 2. The first-order valence-corrected chi connectivity index (χ1v) is 13.3. The molecule has 0 aliphatic rings. The molecular formula is C30H31N7O4. The first-order valence-electron chi connectivity index (χ1n) is 13.3. The number of aromatic nitrogens is 4. The van der Waals surface area contributed by atoms with Gasteiger partial charge in [0.25, 0.3) is 5.91 Å². The molecule has 0 aliphatic carbocycles. The first kappa shape index (κ1) is 27.4. The zero-order valence-corrected chi connectivity index (χ0v) is 23.1. The minimum absolute atomic E-state index is 0.190. The monoisotopic (exact) mass is 553 g/mol. The van der Waals surface area contributed by atoms with Gasteiger partial charge in [0.2, 0.25) is 0 Å². The van der Waals surface area contributed by atoms with Crippen molar-refractivity contribution in [2.24, 2.45) is 7.05 Å². The number of hydrogen-bond acceptors (Lipinski definition) is 7. The summed E-state index contributed by atoms with van der Waals surface area (Å²) in [5, 5.41) is 13.7. The highest BCUT2D eigenvalue weighted by molar-refractivity contribution is 5.99. The standard InChI is InChI=1S/C30H31N7O4/c1-4-40-30(39)20-7-5-6-8-25(20)41-14-13-33-29(38)19-10-12-22-24(16-19)37(3)27(36-22)17-26-34-21-11-9-18(28(31)32-2)15-23(21)35-26/h5-12,15-16H,4,13-14,17H2,1-3H3,(H2,31,32)(H,33,38)(H,34,35). The molecule has 41 heavy (non-hydrogen) atoms. The Bertz CT molecular complexity index is 1750. The Morgan fingerprint density at radius 1 is 1.02 bits per heavy atom. The van der Waals surface area contributed by atoms with Crippen molar-refractivity contribution in [1.82, 2.24) is 30.2 Å². The lowest BCUT2D eigenvalue weighted by Crippen LogP contribution is -2.28. The summed E-state index contributed by atoms with van der Waals surface area (Å²) < 4.78 is 12.8. The molecule has 2 aromatic heterocycles. The number of imidazole rings is 2. The van der Waals surface area contributed by atoms with E-state index in [-0.39, 0.29) is 25.7 Å². The Labute approximate surface area is 236 Å². The smallest absolute Gasteiger partial charge is 0.341 e. The number of carbonyl (C=O) groups is 2. The number of nitrogens with zero attached hydrogens (tertiary/aromatic N) is 3. The van der Waals surface area contributed by atoms with Crippen molar-refractivity contribution < 1.29 is 19.1 Å². The van der Waals surface area contributed by atoms with E-state index in [1.165, 1.54) is 0 Å². The van der Waals surface area contributed by atoms with E-state index < -0.39 is 5.97 Å². The largest absolute Gasteiger partial charge is 0.491 e. The van der Waals surface area contributed by atoms with Crippen LogP contribution in [0.2, 0.25) is 0 Å². The molecule has 5 rings (SSSR count). The van der Waals surface area contributed by atoms with E-state index in [1.807, 2.05) is 41.9 Å². The molecule has 2 heterocycles. The molecular weight excluding hydrogens is 522 g/mol. The van der Waals surface area contributed by atoms with Crippen LogP contribution in [0.25, 0.3) is 22.1 Å². The van der Waals surface area contributed by atoms with Gasteiger partial charge in [-0.3, -0.25) is 10.2 Å². The number of amidine groups is 1. The second-order valence-corrected chi connectivity index (χ2v) is 9.33.